The van der Waals surface area contributed by atoms with Crippen molar-refractivity contribution in [2.45, 2.75) is 19.4 Å². The maximum atomic E-state index is 12.1. The minimum absolute atomic E-state index is 0. The third-order valence-electron chi connectivity index (χ3n) is 3.24. The summed E-state index contributed by atoms with van der Waals surface area (Å²) >= 11 is 0. The number of hydrogen-bond acceptors (Lipinski definition) is 3. The Kier molecular flexibility index (Phi) is 6.12. The van der Waals surface area contributed by atoms with Gasteiger partial charge in [-0.05, 0) is 24.6 Å². The number of piperazine rings is 1. The van der Waals surface area contributed by atoms with Crippen LogP contribution in [-0.4, -0.2) is 43.6 Å². The van der Waals surface area contributed by atoms with E-state index in [9.17, 15) is 4.79 Å². The van der Waals surface area contributed by atoms with Crippen LogP contribution in [0.4, 0.5) is 0 Å². The molecule has 1 N–H and O–H groups in total. The number of ether oxygens (including phenoxy) is 1. The molecule has 4 nitrogen and oxygen atoms in total. The predicted molar refractivity (Wildman–Crippen MR) is 78.0 cm³/mol. The summed E-state index contributed by atoms with van der Waals surface area (Å²) in [6.07, 6.45) is 0.469. The van der Waals surface area contributed by atoms with Gasteiger partial charge >= 0.3 is 0 Å². The summed E-state index contributed by atoms with van der Waals surface area (Å²) in [6, 6.07) is 8.06. The highest BCUT2D eigenvalue weighted by Gasteiger charge is 2.20. The van der Waals surface area contributed by atoms with Crippen molar-refractivity contribution >= 4 is 18.3 Å². The summed E-state index contributed by atoms with van der Waals surface area (Å²) in [7, 11) is 1.64. The zero-order chi connectivity index (χ0) is 13.0. The molecule has 1 saturated heterocycles. The second kappa shape index (κ2) is 7.36. The van der Waals surface area contributed by atoms with Crippen LogP contribution in [-0.2, 0) is 11.2 Å². The average Bonchev–Trinajstić information content (AvgIpc) is 2.39. The van der Waals surface area contributed by atoms with E-state index < -0.39 is 0 Å². The van der Waals surface area contributed by atoms with Gasteiger partial charge in [0.2, 0.25) is 5.91 Å². The molecule has 106 valence electrons. The van der Waals surface area contributed by atoms with Crippen molar-refractivity contribution in [1.82, 2.24) is 10.2 Å². The van der Waals surface area contributed by atoms with E-state index in [4.69, 9.17) is 4.74 Å². The van der Waals surface area contributed by atoms with E-state index in [0.29, 0.717) is 12.5 Å². The van der Waals surface area contributed by atoms with E-state index in [0.717, 1.165) is 30.9 Å². The maximum Gasteiger partial charge on any atom is 0.227 e. The fourth-order valence-corrected chi connectivity index (χ4v) is 2.19. The molecule has 2 rings (SSSR count). The standard InChI is InChI=1S/C14H20N2O2.ClH/c1-11-10-16(8-7-15-11)14(17)9-12-3-5-13(18-2)6-4-12;/h3-6,11,15H,7-10H2,1-2H3;1H/t11-;/m1./s1. The van der Waals surface area contributed by atoms with Crippen LogP contribution in [0.25, 0.3) is 0 Å². The first kappa shape index (κ1) is 15.8. The van der Waals surface area contributed by atoms with Gasteiger partial charge in [-0.15, -0.1) is 12.4 Å². The molecule has 19 heavy (non-hydrogen) atoms. The van der Waals surface area contributed by atoms with Crippen LogP contribution in [0.15, 0.2) is 24.3 Å². The molecule has 1 atom stereocenters. The van der Waals surface area contributed by atoms with Crippen molar-refractivity contribution in [2.24, 2.45) is 0 Å². The molecule has 0 unspecified atom stereocenters. The van der Waals surface area contributed by atoms with E-state index in [1.54, 1.807) is 7.11 Å². The molecule has 1 aliphatic rings. The number of carbonyl (C=O) groups excluding carboxylic acids is 1. The molecule has 0 aromatic heterocycles. The highest BCUT2D eigenvalue weighted by Crippen LogP contribution is 2.12. The normalized spacial score (nSPS) is 18.6. The lowest BCUT2D eigenvalue weighted by atomic mass is 10.1. The third-order valence-corrected chi connectivity index (χ3v) is 3.24. The van der Waals surface area contributed by atoms with Crippen LogP contribution in [0.3, 0.4) is 0 Å². The van der Waals surface area contributed by atoms with Gasteiger partial charge < -0.3 is 15.0 Å². The molecule has 0 saturated carbocycles. The summed E-state index contributed by atoms with van der Waals surface area (Å²) in [6.45, 7) is 4.59. The summed E-state index contributed by atoms with van der Waals surface area (Å²) < 4.78 is 5.10. The number of rotatable bonds is 3. The van der Waals surface area contributed by atoms with E-state index in [-0.39, 0.29) is 18.3 Å². The topological polar surface area (TPSA) is 41.6 Å². The van der Waals surface area contributed by atoms with Crippen molar-refractivity contribution in [3.63, 3.8) is 0 Å². The van der Waals surface area contributed by atoms with Crippen molar-refractivity contribution in [1.29, 1.82) is 0 Å². The van der Waals surface area contributed by atoms with Crippen molar-refractivity contribution in [3.05, 3.63) is 29.8 Å². The van der Waals surface area contributed by atoms with Crippen LogP contribution in [0.1, 0.15) is 12.5 Å². The van der Waals surface area contributed by atoms with Gasteiger partial charge in [0.15, 0.2) is 0 Å². The highest BCUT2D eigenvalue weighted by atomic mass is 35.5. The Bertz CT molecular complexity index is 408. The Labute approximate surface area is 120 Å². The third kappa shape index (κ3) is 4.40. The van der Waals surface area contributed by atoms with E-state index in [1.807, 2.05) is 29.2 Å². The minimum atomic E-state index is 0. The van der Waals surface area contributed by atoms with E-state index >= 15 is 0 Å². The number of nitrogens with zero attached hydrogens (tertiary/aromatic N) is 1. The Hall–Kier alpha value is -1.26. The number of nitrogens with one attached hydrogen (secondary N) is 1. The predicted octanol–water partition coefficient (Wildman–Crippen LogP) is 1.48. The lowest BCUT2D eigenvalue weighted by Gasteiger charge is -2.32. The lowest BCUT2D eigenvalue weighted by molar-refractivity contribution is -0.131. The van der Waals surface area contributed by atoms with Gasteiger partial charge in [0.05, 0.1) is 13.5 Å². The van der Waals surface area contributed by atoms with Crippen LogP contribution >= 0.6 is 12.4 Å². The van der Waals surface area contributed by atoms with Gasteiger partial charge in [-0.3, -0.25) is 4.79 Å². The smallest absolute Gasteiger partial charge is 0.227 e. The molecule has 0 radical (unpaired) electrons. The average molecular weight is 285 g/mol. The zero-order valence-electron chi connectivity index (χ0n) is 11.4. The quantitative estimate of drug-likeness (QED) is 0.914. The molecule has 1 aromatic carbocycles. The Morgan fingerprint density at radius 3 is 2.68 bits per heavy atom. The molecule has 0 aliphatic carbocycles. The van der Waals surface area contributed by atoms with Gasteiger partial charge in [0, 0.05) is 25.7 Å². The van der Waals surface area contributed by atoms with Crippen LogP contribution in [0.2, 0.25) is 0 Å². The monoisotopic (exact) mass is 284 g/mol. The molecule has 0 bridgehead atoms. The largest absolute Gasteiger partial charge is 0.497 e. The zero-order valence-corrected chi connectivity index (χ0v) is 12.2. The second-order valence-electron chi connectivity index (χ2n) is 4.72. The highest BCUT2D eigenvalue weighted by molar-refractivity contribution is 5.85. The summed E-state index contributed by atoms with van der Waals surface area (Å²) in [5.74, 6) is 1.02. The van der Waals surface area contributed by atoms with Gasteiger partial charge in [-0.25, -0.2) is 0 Å². The van der Waals surface area contributed by atoms with Gasteiger partial charge in [-0.2, -0.15) is 0 Å². The molecular weight excluding hydrogens is 264 g/mol. The number of hydrogen-bond donors (Lipinski definition) is 1. The first-order valence-electron chi connectivity index (χ1n) is 6.33. The number of amides is 1. The lowest BCUT2D eigenvalue weighted by Crippen LogP contribution is -2.51. The number of halogens is 1. The summed E-state index contributed by atoms with van der Waals surface area (Å²) in [5.41, 5.74) is 1.03. The van der Waals surface area contributed by atoms with Gasteiger partial charge in [-0.1, -0.05) is 12.1 Å². The number of methoxy groups -OCH3 is 1. The maximum absolute atomic E-state index is 12.1. The number of benzene rings is 1. The summed E-state index contributed by atoms with van der Waals surface area (Å²) in [4.78, 5) is 14.1. The Balaban J connectivity index is 0.00000180. The fraction of sp³-hybridized carbons (Fsp3) is 0.500. The molecule has 0 spiro atoms. The van der Waals surface area contributed by atoms with Crippen molar-refractivity contribution < 1.29 is 9.53 Å². The van der Waals surface area contributed by atoms with Crippen molar-refractivity contribution in [2.75, 3.05) is 26.7 Å². The van der Waals surface area contributed by atoms with Crippen LogP contribution in [0, 0.1) is 0 Å². The van der Waals surface area contributed by atoms with Gasteiger partial charge in [0.25, 0.3) is 0 Å². The Morgan fingerprint density at radius 2 is 2.11 bits per heavy atom. The fourth-order valence-electron chi connectivity index (χ4n) is 2.19. The SMILES string of the molecule is COc1ccc(CC(=O)N2CCN[C@H](C)C2)cc1.Cl. The molecule has 5 heteroatoms. The molecular formula is C14H21ClN2O2. The van der Waals surface area contributed by atoms with Crippen LogP contribution < -0.4 is 10.1 Å². The second-order valence-corrected chi connectivity index (χ2v) is 4.72. The van der Waals surface area contributed by atoms with Crippen LogP contribution in [0.5, 0.6) is 5.75 Å². The Morgan fingerprint density at radius 1 is 1.42 bits per heavy atom. The first-order valence-corrected chi connectivity index (χ1v) is 6.33. The molecule has 1 fully saturated rings. The number of carbonyl (C=O) groups is 1. The summed E-state index contributed by atoms with van der Waals surface area (Å²) in [5, 5.41) is 3.34. The van der Waals surface area contributed by atoms with E-state index in [2.05, 4.69) is 12.2 Å². The molecule has 1 amide bonds. The molecule has 1 aromatic rings. The molecule has 1 heterocycles. The van der Waals surface area contributed by atoms with Crippen molar-refractivity contribution in [3.8, 4) is 5.75 Å². The van der Waals surface area contributed by atoms with Gasteiger partial charge in [0.1, 0.15) is 5.75 Å². The molecule has 1 aliphatic heterocycles. The first-order chi connectivity index (χ1) is 8.69. The van der Waals surface area contributed by atoms with E-state index in [1.165, 1.54) is 0 Å². The minimum Gasteiger partial charge on any atom is -0.497 e.